The lowest BCUT2D eigenvalue weighted by atomic mass is 10.4. The highest BCUT2D eigenvalue weighted by molar-refractivity contribution is 5.74. The van der Waals surface area contributed by atoms with E-state index < -0.39 is 18.7 Å². The Morgan fingerprint density at radius 1 is 1.80 bits per heavy atom. The first kappa shape index (κ1) is 9.13. The number of carbonyl (C=O) groups is 1. The number of rotatable bonds is 4. The van der Waals surface area contributed by atoms with Gasteiger partial charge in [-0.3, -0.25) is 0 Å². The Kier molecular flexibility index (Phi) is 4.53. The number of hydrogen-bond acceptors (Lipinski definition) is 4. The predicted molar refractivity (Wildman–Crippen MR) is 34.2 cm³/mol. The summed E-state index contributed by atoms with van der Waals surface area (Å²) in [6, 6.07) is 0. The van der Waals surface area contributed by atoms with E-state index in [0.29, 0.717) is 0 Å². The molecule has 0 rings (SSSR count). The van der Waals surface area contributed by atoms with Gasteiger partial charge >= 0.3 is 5.97 Å². The standard InChI is InChI=1S/C6H10O4/c1-2-3-10-6(9)5(8)4-7/h2,5,7-8H,1,3-4H2/t5-/m1/s1. The van der Waals surface area contributed by atoms with Crippen LogP contribution in [0.4, 0.5) is 0 Å². The number of aliphatic hydroxyl groups is 2. The second-order valence-corrected chi connectivity index (χ2v) is 1.62. The molecule has 1 atom stereocenters. The van der Waals surface area contributed by atoms with Gasteiger partial charge in [0.15, 0.2) is 6.10 Å². The molecule has 10 heavy (non-hydrogen) atoms. The highest BCUT2D eigenvalue weighted by Crippen LogP contribution is 1.86. The van der Waals surface area contributed by atoms with Gasteiger partial charge in [-0.2, -0.15) is 0 Å². The van der Waals surface area contributed by atoms with Crippen molar-refractivity contribution in [2.24, 2.45) is 0 Å². The molecule has 0 aliphatic rings. The normalized spacial score (nSPS) is 12.2. The molecule has 0 aromatic heterocycles. The summed E-state index contributed by atoms with van der Waals surface area (Å²) < 4.78 is 4.38. The van der Waals surface area contributed by atoms with E-state index in [0.717, 1.165) is 0 Å². The highest BCUT2D eigenvalue weighted by Gasteiger charge is 2.13. The van der Waals surface area contributed by atoms with Gasteiger partial charge in [-0.1, -0.05) is 12.7 Å². The number of esters is 1. The summed E-state index contributed by atoms with van der Waals surface area (Å²) in [6.45, 7) is 2.73. The SMILES string of the molecule is C=CCOC(=O)[C@H](O)CO. The van der Waals surface area contributed by atoms with Crippen LogP contribution in [-0.4, -0.2) is 35.5 Å². The molecule has 0 spiro atoms. The van der Waals surface area contributed by atoms with Crippen LogP contribution in [0, 0.1) is 0 Å². The summed E-state index contributed by atoms with van der Waals surface area (Å²) in [5, 5.41) is 16.8. The fraction of sp³-hybridized carbons (Fsp3) is 0.500. The first-order valence-corrected chi connectivity index (χ1v) is 2.78. The third-order valence-electron chi connectivity index (χ3n) is 0.788. The molecule has 0 aliphatic carbocycles. The second kappa shape index (κ2) is 4.96. The lowest BCUT2D eigenvalue weighted by molar-refractivity contribution is -0.154. The van der Waals surface area contributed by atoms with Crippen LogP contribution in [0.3, 0.4) is 0 Å². The summed E-state index contributed by atoms with van der Waals surface area (Å²) in [7, 11) is 0. The Morgan fingerprint density at radius 2 is 2.40 bits per heavy atom. The first-order valence-electron chi connectivity index (χ1n) is 2.78. The van der Waals surface area contributed by atoms with E-state index in [-0.39, 0.29) is 6.61 Å². The molecule has 4 heteroatoms. The molecule has 0 radical (unpaired) electrons. The van der Waals surface area contributed by atoms with Crippen molar-refractivity contribution >= 4 is 5.97 Å². The quantitative estimate of drug-likeness (QED) is 0.397. The van der Waals surface area contributed by atoms with Gasteiger partial charge in [-0.05, 0) is 0 Å². The summed E-state index contributed by atoms with van der Waals surface area (Å²) >= 11 is 0. The lowest BCUT2D eigenvalue weighted by Gasteiger charge is -2.04. The third-order valence-corrected chi connectivity index (χ3v) is 0.788. The van der Waals surface area contributed by atoms with Crippen molar-refractivity contribution in [2.75, 3.05) is 13.2 Å². The van der Waals surface area contributed by atoms with Crippen LogP contribution < -0.4 is 0 Å². The minimum atomic E-state index is -1.43. The van der Waals surface area contributed by atoms with Gasteiger partial charge in [-0.15, -0.1) is 0 Å². The summed E-state index contributed by atoms with van der Waals surface area (Å²) in [5.41, 5.74) is 0. The monoisotopic (exact) mass is 146 g/mol. The van der Waals surface area contributed by atoms with E-state index >= 15 is 0 Å². The van der Waals surface area contributed by atoms with E-state index in [4.69, 9.17) is 10.2 Å². The molecule has 0 bridgehead atoms. The molecule has 0 aromatic rings. The van der Waals surface area contributed by atoms with Gasteiger partial charge in [0, 0.05) is 0 Å². The smallest absolute Gasteiger partial charge is 0.337 e. The zero-order valence-electron chi connectivity index (χ0n) is 5.49. The Labute approximate surface area is 58.7 Å². The van der Waals surface area contributed by atoms with Crippen molar-refractivity contribution < 1.29 is 19.7 Å². The maximum absolute atomic E-state index is 10.5. The molecule has 0 aliphatic heterocycles. The molecule has 0 fully saturated rings. The van der Waals surface area contributed by atoms with Crippen molar-refractivity contribution in [1.29, 1.82) is 0 Å². The summed E-state index contributed by atoms with van der Waals surface area (Å²) in [5.74, 6) is -0.831. The largest absolute Gasteiger partial charge is 0.459 e. The average molecular weight is 146 g/mol. The lowest BCUT2D eigenvalue weighted by Crippen LogP contribution is -2.26. The van der Waals surface area contributed by atoms with Crippen LogP contribution >= 0.6 is 0 Å². The number of hydrogen-bond donors (Lipinski definition) is 2. The third kappa shape index (κ3) is 3.21. The summed E-state index contributed by atoms with van der Waals surface area (Å²) in [4.78, 5) is 10.5. The zero-order valence-corrected chi connectivity index (χ0v) is 5.49. The maximum atomic E-state index is 10.5. The molecule has 0 amide bonds. The van der Waals surface area contributed by atoms with Crippen LogP contribution in [0.2, 0.25) is 0 Å². The Bertz CT molecular complexity index is 121. The molecule has 0 aromatic carbocycles. The van der Waals surface area contributed by atoms with E-state index in [1.54, 1.807) is 0 Å². The van der Waals surface area contributed by atoms with Crippen LogP contribution in [0.15, 0.2) is 12.7 Å². The molecular weight excluding hydrogens is 136 g/mol. The molecule has 0 unspecified atom stereocenters. The van der Waals surface area contributed by atoms with Gasteiger partial charge in [0.2, 0.25) is 0 Å². The number of carbonyl (C=O) groups excluding carboxylic acids is 1. The van der Waals surface area contributed by atoms with Crippen molar-refractivity contribution in [3.8, 4) is 0 Å². The molecular formula is C6H10O4. The minimum Gasteiger partial charge on any atom is -0.459 e. The number of aliphatic hydroxyl groups excluding tert-OH is 2. The van der Waals surface area contributed by atoms with Crippen LogP contribution in [0.1, 0.15) is 0 Å². The van der Waals surface area contributed by atoms with Gasteiger partial charge in [0.05, 0.1) is 6.61 Å². The fourth-order valence-corrected chi connectivity index (χ4v) is 0.312. The molecule has 2 N–H and O–H groups in total. The highest BCUT2D eigenvalue weighted by atomic mass is 16.5. The number of ether oxygens (including phenoxy) is 1. The summed E-state index contributed by atoms with van der Waals surface area (Å²) in [6.07, 6.45) is -0.0536. The van der Waals surface area contributed by atoms with Crippen molar-refractivity contribution in [3.05, 3.63) is 12.7 Å². The topological polar surface area (TPSA) is 66.8 Å². The van der Waals surface area contributed by atoms with Crippen molar-refractivity contribution in [1.82, 2.24) is 0 Å². The van der Waals surface area contributed by atoms with E-state index in [9.17, 15) is 4.79 Å². The second-order valence-electron chi connectivity index (χ2n) is 1.62. The van der Waals surface area contributed by atoms with Crippen LogP contribution in [0.25, 0.3) is 0 Å². The van der Waals surface area contributed by atoms with Gasteiger partial charge < -0.3 is 14.9 Å². The molecule has 0 saturated carbocycles. The molecule has 0 saturated heterocycles. The van der Waals surface area contributed by atoms with Crippen LogP contribution in [-0.2, 0) is 9.53 Å². The molecule has 4 nitrogen and oxygen atoms in total. The Morgan fingerprint density at radius 3 is 2.80 bits per heavy atom. The van der Waals surface area contributed by atoms with E-state index in [1.807, 2.05) is 0 Å². The molecule has 58 valence electrons. The van der Waals surface area contributed by atoms with Gasteiger partial charge in [0.1, 0.15) is 6.61 Å². The van der Waals surface area contributed by atoms with Gasteiger partial charge in [-0.25, -0.2) is 4.79 Å². The van der Waals surface area contributed by atoms with Crippen molar-refractivity contribution in [3.63, 3.8) is 0 Å². The zero-order chi connectivity index (χ0) is 7.98. The van der Waals surface area contributed by atoms with Gasteiger partial charge in [0.25, 0.3) is 0 Å². The van der Waals surface area contributed by atoms with E-state index in [1.165, 1.54) is 6.08 Å². The van der Waals surface area contributed by atoms with Crippen LogP contribution in [0.5, 0.6) is 0 Å². The minimum absolute atomic E-state index is 0.0515. The Balaban J connectivity index is 3.51. The molecule has 0 heterocycles. The fourth-order valence-electron chi connectivity index (χ4n) is 0.312. The average Bonchev–Trinajstić information content (AvgIpc) is 1.98. The Hall–Kier alpha value is -0.870. The maximum Gasteiger partial charge on any atom is 0.337 e. The predicted octanol–water partition coefficient (Wildman–Crippen LogP) is -0.931. The first-order chi connectivity index (χ1) is 4.72. The van der Waals surface area contributed by atoms with Crippen molar-refractivity contribution in [2.45, 2.75) is 6.10 Å². The van der Waals surface area contributed by atoms with E-state index in [2.05, 4.69) is 11.3 Å².